The minimum Gasteiger partial charge on any atom is -0.484 e. The Morgan fingerprint density at radius 3 is 2.65 bits per heavy atom. The third kappa shape index (κ3) is 3.79. The second-order valence-corrected chi connectivity index (χ2v) is 6.63. The Hall–Kier alpha value is -3.02. The fourth-order valence-corrected chi connectivity index (χ4v) is 3.47. The van der Waals surface area contributed by atoms with Gasteiger partial charge in [0.25, 0.3) is 5.91 Å². The Morgan fingerprint density at radius 2 is 1.92 bits per heavy atom. The molecule has 0 bridgehead atoms. The van der Waals surface area contributed by atoms with Crippen molar-refractivity contribution in [3.63, 3.8) is 0 Å². The summed E-state index contributed by atoms with van der Waals surface area (Å²) in [4.78, 5) is 25.0. The van der Waals surface area contributed by atoms with Gasteiger partial charge in [-0.2, -0.15) is 0 Å². The zero-order valence-electron chi connectivity index (χ0n) is 14.7. The second-order valence-electron chi connectivity index (χ2n) is 6.63. The largest absolute Gasteiger partial charge is 0.484 e. The van der Waals surface area contributed by atoms with Gasteiger partial charge in [-0.05, 0) is 42.7 Å². The zero-order valence-corrected chi connectivity index (χ0v) is 14.7. The van der Waals surface area contributed by atoms with E-state index < -0.39 is 5.91 Å². The molecule has 0 aliphatic carbocycles. The van der Waals surface area contributed by atoms with Crippen LogP contribution in [0, 0.1) is 0 Å². The van der Waals surface area contributed by atoms with Crippen LogP contribution in [0.25, 0.3) is 0 Å². The van der Waals surface area contributed by atoms with Crippen LogP contribution in [-0.2, 0) is 16.1 Å². The lowest BCUT2D eigenvalue weighted by molar-refractivity contribution is -0.120. The smallest absolute Gasteiger partial charge is 0.255 e. The predicted molar refractivity (Wildman–Crippen MR) is 99.8 cm³/mol. The number of hydrogen-bond acceptors (Lipinski definition) is 4. The number of nitrogens with zero attached hydrogens (tertiary/aromatic N) is 1. The van der Waals surface area contributed by atoms with E-state index in [1.807, 2.05) is 42.5 Å². The number of anilines is 1. The number of fused-ring (bicyclic) bond motifs is 1. The lowest BCUT2D eigenvalue weighted by Crippen LogP contribution is -2.41. The highest BCUT2D eigenvalue weighted by Gasteiger charge is 2.32. The minimum atomic E-state index is -0.508. The number of hydrogen-bond donors (Lipinski definition) is 2. The highest BCUT2D eigenvalue weighted by molar-refractivity contribution is 5.85. The lowest BCUT2D eigenvalue weighted by atomic mass is 9.85. The molecule has 136 valence electrons. The first-order chi connectivity index (χ1) is 12.5. The Labute approximate surface area is 152 Å². The number of ether oxygens (including phenoxy) is 1. The van der Waals surface area contributed by atoms with E-state index in [0.29, 0.717) is 18.7 Å². The summed E-state index contributed by atoms with van der Waals surface area (Å²) in [6, 6.07) is 15.6. The maximum absolute atomic E-state index is 11.8. The van der Waals surface area contributed by atoms with Gasteiger partial charge in [-0.15, -0.1) is 0 Å². The van der Waals surface area contributed by atoms with Gasteiger partial charge in [-0.1, -0.05) is 30.3 Å². The summed E-state index contributed by atoms with van der Waals surface area (Å²) in [5.41, 5.74) is 13.8. The molecule has 2 atom stereocenters. The first-order valence-corrected chi connectivity index (χ1v) is 8.60. The molecule has 6 heteroatoms. The number of benzene rings is 2. The van der Waals surface area contributed by atoms with Crippen LogP contribution in [0.15, 0.2) is 48.5 Å². The molecule has 0 fully saturated rings. The Kier molecular flexibility index (Phi) is 5.11. The highest BCUT2D eigenvalue weighted by atomic mass is 16.5. The van der Waals surface area contributed by atoms with Crippen LogP contribution in [-0.4, -0.2) is 24.5 Å². The van der Waals surface area contributed by atoms with Crippen LogP contribution in [0.4, 0.5) is 5.69 Å². The van der Waals surface area contributed by atoms with E-state index in [-0.39, 0.29) is 24.5 Å². The van der Waals surface area contributed by atoms with E-state index in [9.17, 15) is 9.59 Å². The summed E-state index contributed by atoms with van der Waals surface area (Å²) in [6.07, 6.45) is 0.685. The van der Waals surface area contributed by atoms with Gasteiger partial charge >= 0.3 is 0 Å². The number of primary amides is 2. The van der Waals surface area contributed by atoms with Gasteiger partial charge in [-0.25, -0.2) is 0 Å². The van der Waals surface area contributed by atoms with Crippen LogP contribution < -0.4 is 21.1 Å². The van der Waals surface area contributed by atoms with Gasteiger partial charge in [0.2, 0.25) is 5.91 Å². The maximum Gasteiger partial charge on any atom is 0.255 e. The molecule has 0 radical (unpaired) electrons. The van der Waals surface area contributed by atoms with Gasteiger partial charge in [0.15, 0.2) is 6.61 Å². The summed E-state index contributed by atoms with van der Waals surface area (Å²) in [5, 5.41) is 0. The number of amides is 2. The van der Waals surface area contributed by atoms with Crippen molar-refractivity contribution in [2.75, 3.05) is 11.5 Å². The van der Waals surface area contributed by atoms with E-state index in [2.05, 4.69) is 11.8 Å². The zero-order chi connectivity index (χ0) is 18.7. The second kappa shape index (κ2) is 7.47. The quantitative estimate of drug-likeness (QED) is 0.829. The van der Waals surface area contributed by atoms with Gasteiger partial charge < -0.3 is 21.1 Å². The van der Waals surface area contributed by atoms with Crippen molar-refractivity contribution in [1.82, 2.24) is 0 Å². The molecule has 1 aliphatic rings. The topological polar surface area (TPSA) is 98.7 Å². The molecule has 0 saturated heterocycles. The third-order valence-corrected chi connectivity index (χ3v) is 4.71. The molecule has 6 nitrogen and oxygen atoms in total. The summed E-state index contributed by atoms with van der Waals surface area (Å²) >= 11 is 0. The number of carbonyl (C=O) groups excluding carboxylic acids is 2. The Bertz CT molecular complexity index is 821. The summed E-state index contributed by atoms with van der Waals surface area (Å²) < 4.78 is 5.39. The van der Waals surface area contributed by atoms with Gasteiger partial charge in [0.1, 0.15) is 5.75 Å². The molecule has 0 spiro atoms. The first-order valence-electron chi connectivity index (χ1n) is 8.60. The van der Waals surface area contributed by atoms with Gasteiger partial charge in [0.05, 0.1) is 5.92 Å². The fraction of sp³-hybridized carbons (Fsp3) is 0.300. The molecule has 2 aromatic rings. The molecule has 0 aromatic heterocycles. The SMILES string of the molecule is C[C@@H]1C[C@@H](C(N)=O)c2ccccc2N1Cc1cccc(OCC(N)=O)c1. The average Bonchev–Trinajstić information content (AvgIpc) is 2.62. The van der Waals surface area contributed by atoms with Crippen LogP contribution in [0.2, 0.25) is 0 Å². The van der Waals surface area contributed by atoms with Crippen molar-refractivity contribution in [3.8, 4) is 5.75 Å². The minimum absolute atomic E-state index is 0.146. The van der Waals surface area contributed by atoms with Crippen molar-refractivity contribution >= 4 is 17.5 Å². The normalized spacial score (nSPS) is 18.9. The molecular weight excluding hydrogens is 330 g/mol. The van der Waals surface area contributed by atoms with Crippen molar-refractivity contribution in [1.29, 1.82) is 0 Å². The van der Waals surface area contributed by atoms with Crippen LogP contribution >= 0.6 is 0 Å². The van der Waals surface area contributed by atoms with Gasteiger partial charge in [0, 0.05) is 18.3 Å². The van der Waals surface area contributed by atoms with Gasteiger partial charge in [-0.3, -0.25) is 9.59 Å². The van der Waals surface area contributed by atoms with E-state index >= 15 is 0 Å². The van der Waals surface area contributed by atoms with E-state index in [1.54, 1.807) is 6.07 Å². The summed E-state index contributed by atoms with van der Waals surface area (Å²) in [6.45, 7) is 2.61. The van der Waals surface area contributed by atoms with Crippen LogP contribution in [0.5, 0.6) is 5.75 Å². The fourth-order valence-electron chi connectivity index (χ4n) is 3.47. The molecule has 2 aromatic carbocycles. The molecule has 2 amide bonds. The average molecular weight is 353 g/mol. The Morgan fingerprint density at radius 1 is 1.15 bits per heavy atom. The van der Waals surface area contributed by atoms with Crippen LogP contribution in [0.1, 0.15) is 30.4 Å². The van der Waals surface area contributed by atoms with Crippen molar-refractivity contribution in [2.24, 2.45) is 11.5 Å². The maximum atomic E-state index is 11.8. The van der Waals surface area contributed by atoms with E-state index in [1.165, 1.54) is 0 Å². The molecule has 26 heavy (non-hydrogen) atoms. The first kappa shape index (κ1) is 17.8. The molecular formula is C20H23N3O3. The molecule has 0 saturated carbocycles. The highest BCUT2D eigenvalue weighted by Crippen LogP contribution is 2.39. The molecule has 3 rings (SSSR count). The van der Waals surface area contributed by atoms with Crippen LogP contribution in [0.3, 0.4) is 0 Å². The standard InChI is InChI=1S/C20H23N3O3/c1-13-9-17(20(22)25)16-7-2-3-8-18(16)23(13)11-14-5-4-6-15(10-14)26-12-19(21)24/h2-8,10,13,17H,9,11-12H2,1H3,(H2,21,24)(H2,22,25)/t13-,17-/m1/s1. The molecule has 0 unspecified atom stereocenters. The number of para-hydroxylation sites is 1. The van der Waals surface area contributed by atoms with Crippen molar-refractivity contribution < 1.29 is 14.3 Å². The predicted octanol–water partition coefficient (Wildman–Crippen LogP) is 1.92. The number of carbonyl (C=O) groups is 2. The van der Waals surface area contributed by atoms with E-state index in [4.69, 9.17) is 16.2 Å². The third-order valence-electron chi connectivity index (χ3n) is 4.71. The van der Waals surface area contributed by atoms with Crippen molar-refractivity contribution in [3.05, 3.63) is 59.7 Å². The van der Waals surface area contributed by atoms with Crippen molar-refractivity contribution in [2.45, 2.75) is 31.8 Å². The van der Waals surface area contributed by atoms with E-state index in [0.717, 1.165) is 16.8 Å². The molecule has 1 aliphatic heterocycles. The molecule has 4 N–H and O–H groups in total. The summed E-state index contributed by atoms with van der Waals surface area (Å²) in [5.74, 6) is -0.450. The number of rotatable bonds is 6. The molecule has 1 heterocycles. The monoisotopic (exact) mass is 353 g/mol. The summed E-state index contributed by atoms with van der Waals surface area (Å²) in [7, 11) is 0. The number of nitrogens with two attached hydrogens (primary N) is 2. The lowest BCUT2D eigenvalue weighted by Gasteiger charge is -2.40. The Balaban J connectivity index is 1.85.